The molecule has 0 saturated heterocycles. The van der Waals surface area contributed by atoms with Crippen molar-refractivity contribution in [2.75, 3.05) is 0 Å². The lowest BCUT2D eigenvalue weighted by Gasteiger charge is -2.13. The molecule has 1 unspecified atom stereocenters. The van der Waals surface area contributed by atoms with Gasteiger partial charge in [0.2, 0.25) is 0 Å². The predicted octanol–water partition coefficient (Wildman–Crippen LogP) is 4.39. The third-order valence-electron chi connectivity index (χ3n) is 2.21. The standard InChI is InChI=1S/C14H20/c1-12(10-11-14(2,3)4)13-8-6-5-7-9-13/h5-12H,1-4H3. The second kappa shape index (κ2) is 4.45. The third-order valence-corrected chi connectivity index (χ3v) is 2.21. The molecule has 0 amide bonds. The minimum Gasteiger partial charge on any atom is -0.0825 e. The van der Waals surface area contributed by atoms with E-state index >= 15 is 0 Å². The molecule has 0 aliphatic carbocycles. The number of rotatable bonds is 2. The van der Waals surface area contributed by atoms with Gasteiger partial charge in [-0.2, -0.15) is 0 Å². The summed E-state index contributed by atoms with van der Waals surface area (Å²) in [6.07, 6.45) is 4.57. The molecule has 0 radical (unpaired) electrons. The summed E-state index contributed by atoms with van der Waals surface area (Å²) in [4.78, 5) is 0. The van der Waals surface area contributed by atoms with Crippen molar-refractivity contribution in [2.24, 2.45) is 5.41 Å². The second-order valence-corrected chi connectivity index (χ2v) is 4.92. The molecule has 0 bridgehead atoms. The smallest absolute Gasteiger partial charge is 0.00102 e. The lowest BCUT2D eigenvalue weighted by Crippen LogP contribution is -2.00. The molecule has 76 valence electrons. The van der Waals surface area contributed by atoms with E-state index in [9.17, 15) is 0 Å². The van der Waals surface area contributed by atoms with E-state index in [0.29, 0.717) is 5.92 Å². The highest BCUT2D eigenvalue weighted by Gasteiger charge is 2.06. The van der Waals surface area contributed by atoms with Crippen molar-refractivity contribution in [3.63, 3.8) is 0 Å². The molecule has 0 aliphatic rings. The molecular formula is C14H20. The summed E-state index contributed by atoms with van der Waals surface area (Å²) in [7, 11) is 0. The molecule has 0 aromatic heterocycles. The SMILES string of the molecule is CC(C=CC(C)(C)C)c1ccccc1. The van der Waals surface area contributed by atoms with Crippen LogP contribution in [0.4, 0.5) is 0 Å². The van der Waals surface area contributed by atoms with Gasteiger partial charge in [-0.15, -0.1) is 0 Å². The molecule has 0 N–H and O–H groups in total. The van der Waals surface area contributed by atoms with Crippen LogP contribution in [0.3, 0.4) is 0 Å². The highest BCUT2D eigenvalue weighted by Crippen LogP contribution is 2.21. The average Bonchev–Trinajstić information content (AvgIpc) is 2.14. The summed E-state index contributed by atoms with van der Waals surface area (Å²) in [5.41, 5.74) is 1.66. The van der Waals surface area contributed by atoms with E-state index in [2.05, 4.69) is 70.2 Å². The molecule has 0 nitrogen and oxygen atoms in total. The van der Waals surface area contributed by atoms with Gasteiger partial charge < -0.3 is 0 Å². The van der Waals surface area contributed by atoms with Gasteiger partial charge in [-0.3, -0.25) is 0 Å². The largest absolute Gasteiger partial charge is 0.0825 e. The van der Waals surface area contributed by atoms with Gasteiger partial charge in [-0.25, -0.2) is 0 Å². The Kier molecular flexibility index (Phi) is 3.51. The summed E-state index contributed by atoms with van der Waals surface area (Å²) < 4.78 is 0. The fourth-order valence-corrected chi connectivity index (χ4v) is 1.30. The van der Waals surface area contributed by atoms with Crippen LogP contribution in [-0.2, 0) is 0 Å². The quantitative estimate of drug-likeness (QED) is 0.604. The zero-order valence-corrected chi connectivity index (χ0v) is 9.62. The Morgan fingerprint density at radius 3 is 2.14 bits per heavy atom. The molecule has 0 aliphatic heterocycles. The average molecular weight is 188 g/mol. The topological polar surface area (TPSA) is 0 Å². The van der Waals surface area contributed by atoms with E-state index in [1.165, 1.54) is 5.56 Å². The Bertz CT molecular complexity index is 288. The molecular weight excluding hydrogens is 168 g/mol. The van der Waals surface area contributed by atoms with Gasteiger partial charge in [0, 0.05) is 0 Å². The Morgan fingerprint density at radius 1 is 1.07 bits per heavy atom. The van der Waals surface area contributed by atoms with Crippen molar-refractivity contribution >= 4 is 0 Å². The summed E-state index contributed by atoms with van der Waals surface area (Å²) in [5, 5.41) is 0. The highest BCUT2D eigenvalue weighted by molar-refractivity contribution is 5.23. The van der Waals surface area contributed by atoms with Crippen LogP contribution in [0.5, 0.6) is 0 Å². The van der Waals surface area contributed by atoms with Gasteiger partial charge in [-0.1, -0.05) is 70.2 Å². The van der Waals surface area contributed by atoms with E-state index in [4.69, 9.17) is 0 Å². The van der Waals surface area contributed by atoms with Crippen LogP contribution >= 0.6 is 0 Å². The van der Waals surface area contributed by atoms with Gasteiger partial charge in [0.25, 0.3) is 0 Å². The van der Waals surface area contributed by atoms with Crippen molar-refractivity contribution in [1.29, 1.82) is 0 Å². The van der Waals surface area contributed by atoms with Crippen molar-refractivity contribution in [3.05, 3.63) is 48.0 Å². The van der Waals surface area contributed by atoms with Crippen LogP contribution in [0.1, 0.15) is 39.2 Å². The first-order chi connectivity index (χ1) is 6.49. The van der Waals surface area contributed by atoms with E-state index < -0.39 is 0 Å². The molecule has 0 saturated carbocycles. The number of hydrogen-bond donors (Lipinski definition) is 0. The van der Waals surface area contributed by atoms with Gasteiger partial charge in [0.1, 0.15) is 0 Å². The van der Waals surface area contributed by atoms with Crippen LogP contribution in [0.2, 0.25) is 0 Å². The maximum absolute atomic E-state index is 2.29. The minimum atomic E-state index is 0.281. The second-order valence-electron chi connectivity index (χ2n) is 4.92. The zero-order chi connectivity index (χ0) is 10.6. The van der Waals surface area contributed by atoms with Crippen molar-refractivity contribution in [3.8, 4) is 0 Å². The number of hydrogen-bond acceptors (Lipinski definition) is 0. The first-order valence-corrected chi connectivity index (χ1v) is 5.23. The predicted molar refractivity (Wildman–Crippen MR) is 63.5 cm³/mol. The summed E-state index contributed by atoms with van der Waals surface area (Å²) in [5.74, 6) is 0.510. The van der Waals surface area contributed by atoms with Crippen LogP contribution in [0.15, 0.2) is 42.5 Å². The lowest BCUT2D eigenvalue weighted by atomic mass is 9.92. The first kappa shape index (κ1) is 11.0. The third kappa shape index (κ3) is 3.78. The molecule has 1 aromatic carbocycles. The Balaban J connectivity index is 2.69. The molecule has 0 heterocycles. The Labute approximate surface area is 87.7 Å². The normalized spacial score (nSPS) is 14.6. The molecule has 14 heavy (non-hydrogen) atoms. The van der Waals surface area contributed by atoms with Crippen molar-refractivity contribution in [1.82, 2.24) is 0 Å². The number of allylic oxidation sites excluding steroid dienone is 2. The maximum Gasteiger partial charge on any atom is -0.00102 e. The van der Waals surface area contributed by atoms with Crippen LogP contribution in [-0.4, -0.2) is 0 Å². The fraction of sp³-hybridized carbons (Fsp3) is 0.429. The van der Waals surface area contributed by atoms with Crippen LogP contribution < -0.4 is 0 Å². The zero-order valence-electron chi connectivity index (χ0n) is 9.62. The lowest BCUT2D eigenvalue weighted by molar-refractivity contribution is 0.541. The summed E-state index contributed by atoms with van der Waals surface area (Å²) in [6, 6.07) is 10.6. The molecule has 1 atom stereocenters. The Hall–Kier alpha value is -1.04. The van der Waals surface area contributed by atoms with Gasteiger partial charge >= 0.3 is 0 Å². The maximum atomic E-state index is 2.29. The minimum absolute atomic E-state index is 0.281. The summed E-state index contributed by atoms with van der Waals surface area (Å²) in [6.45, 7) is 8.90. The van der Waals surface area contributed by atoms with E-state index in [1.54, 1.807) is 0 Å². The van der Waals surface area contributed by atoms with Gasteiger partial charge in [-0.05, 0) is 16.9 Å². The van der Waals surface area contributed by atoms with E-state index in [1.807, 2.05) is 0 Å². The molecule has 1 rings (SSSR count). The molecule has 0 spiro atoms. The van der Waals surface area contributed by atoms with Crippen LogP contribution in [0.25, 0.3) is 0 Å². The number of benzene rings is 1. The van der Waals surface area contributed by atoms with Crippen molar-refractivity contribution in [2.45, 2.75) is 33.6 Å². The molecule has 0 fully saturated rings. The Morgan fingerprint density at radius 2 is 1.64 bits per heavy atom. The highest BCUT2D eigenvalue weighted by atomic mass is 14.1. The van der Waals surface area contributed by atoms with Gasteiger partial charge in [0.15, 0.2) is 0 Å². The van der Waals surface area contributed by atoms with Crippen LogP contribution in [0, 0.1) is 5.41 Å². The summed E-state index contributed by atoms with van der Waals surface area (Å²) >= 11 is 0. The van der Waals surface area contributed by atoms with Crippen molar-refractivity contribution < 1.29 is 0 Å². The van der Waals surface area contributed by atoms with Gasteiger partial charge in [0.05, 0.1) is 0 Å². The van der Waals surface area contributed by atoms with E-state index in [-0.39, 0.29) is 5.41 Å². The molecule has 1 aromatic rings. The fourth-order valence-electron chi connectivity index (χ4n) is 1.30. The van der Waals surface area contributed by atoms with E-state index in [0.717, 1.165) is 0 Å². The molecule has 0 heteroatoms. The monoisotopic (exact) mass is 188 g/mol. The first-order valence-electron chi connectivity index (χ1n) is 5.23.